The fourth-order valence-corrected chi connectivity index (χ4v) is 11.3. The van der Waals surface area contributed by atoms with E-state index in [0.29, 0.717) is 23.7 Å². The molecule has 3 aliphatic rings. The molecule has 6 atom stereocenters. The van der Waals surface area contributed by atoms with Crippen molar-refractivity contribution >= 4 is 39.2 Å². The van der Waals surface area contributed by atoms with Gasteiger partial charge in [-0.1, -0.05) is 105 Å². The Bertz CT molecular complexity index is 2040. The van der Waals surface area contributed by atoms with E-state index in [1.165, 1.54) is 4.90 Å². The maximum Gasteiger partial charge on any atom is 0.325 e. The smallest absolute Gasteiger partial charge is 0.325 e. The van der Waals surface area contributed by atoms with Crippen molar-refractivity contribution in [1.82, 2.24) is 15.5 Å². The van der Waals surface area contributed by atoms with Crippen LogP contribution in [0.25, 0.3) is 0 Å². The summed E-state index contributed by atoms with van der Waals surface area (Å²) in [5.41, 5.74) is 1.96. The Morgan fingerprint density at radius 3 is 1.98 bits per heavy atom. The molecule has 3 amide bonds. The topological polar surface area (TPSA) is 126 Å². The van der Waals surface area contributed by atoms with Crippen molar-refractivity contribution in [3.63, 3.8) is 0 Å². The molecular formula is C45H54N3O9PSSi. The van der Waals surface area contributed by atoms with Gasteiger partial charge in [0, 0.05) is 17.5 Å². The van der Waals surface area contributed by atoms with E-state index in [-0.39, 0.29) is 17.6 Å². The van der Waals surface area contributed by atoms with Crippen LogP contribution < -0.4 is 20.1 Å². The number of ether oxygens (including phenoxy) is 4. The van der Waals surface area contributed by atoms with Gasteiger partial charge in [-0.2, -0.15) is 0 Å². The van der Waals surface area contributed by atoms with Crippen LogP contribution in [0.1, 0.15) is 47.8 Å². The number of carbonyl (C=O) groups excluding carboxylic acids is 2. The van der Waals surface area contributed by atoms with Crippen LogP contribution in [0.15, 0.2) is 121 Å². The maximum absolute atomic E-state index is 14.1. The fraction of sp³-hybridized carbons (Fsp3) is 0.378. The van der Waals surface area contributed by atoms with Gasteiger partial charge >= 0.3 is 6.03 Å². The molecule has 2 fully saturated rings. The third kappa shape index (κ3) is 9.46. The Labute approximate surface area is 359 Å². The van der Waals surface area contributed by atoms with E-state index in [9.17, 15) is 9.59 Å². The Morgan fingerprint density at radius 1 is 0.867 bits per heavy atom. The predicted molar refractivity (Wildman–Crippen MR) is 236 cm³/mol. The second-order valence-corrected chi connectivity index (χ2v) is 24.2. The number of hydrogen-bond donors (Lipinski definition) is 2. The highest BCUT2D eigenvalue weighted by molar-refractivity contribution is 8.53. The van der Waals surface area contributed by atoms with E-state index >= 15 is 0 Å². The number of methoxy groups -OCH3 is 2. The molecule has 60 heavy (non-hydrogen) atoms. The molecule has 7 rings (SSSR count). The third-order valence-electron chi connectivity index (χ3n) is 11.4. The molecule has 0 saturated carbocycles. The monoisotopic (exact) mass is 871 g/mol. The Hall–Kier alpha value is -4.24. The van der Waals surface area contributed by atoms with Gasteiger partial charge in [-0.25, -0.2) is 4.79 Å². The SMILES string of the molecule is COc1ccc(C(OC[C@H]2O[C@@H](N3C=CC(NC(=O)c4ccccc4)NC3=O)[C@H](O[Si](C)(C)C(C)(C)C)[C@@H]2OP2OCCS2)(c2ccccc2)c2ccc(OC)cc2)cc1. The zero-order valence-electron chi connectivity index (χ0n) is 35.0. The first-order chi connectivity index (χ1) is 28.8. The summed E-state index contributed by atoms with van der Waals surface area (Å²) in [4.78, 5) is 28.6. The van der Waals surface area contributed by atoms with Gasteiger partial charge in [0.05, 0.1) is 27.4 Å². The number of hydrogen-bond acceptors (Lipinski definition) is 10. The van der Waals surface area contributed by atoms with Crippen LogP contribution in [0.5, 0.6) is 11.5 Å². The lowest BCUT2D eigenvalue weighted by Gasteiger charge is -2.42. The number of nitrogens with one attached hydrogen (secondary N) is 2. The minimum Gasteiger partial charge on any atom is -0.497 e. The molecule has 4 aromatic rings. The fourth-order valence-electron chi connectivity index (χ4n) is 7.14. The first kappa shape index (κ1) is 43.8. The Kier molecular flexibility index (Phi) is 13.7. The predicted octanol–water partition coefficient (Wildman–Crippen LogP) is 8.80. The summed E-state index contributed by atoms with van der Waals surface area (Å²) < 4.78 is 45.7. The summed E-state index contributed by atoms with van der Waals surface area (Å²) >= 11 is 1.63. The van der Waals surface area contributed by atoms with Crippen molar-refractivity contribution in [2.24, 2.45) is 0 Å². The largest absolute Gasteiger partial charge is 0.497 e. The summed E-state index contributed by atoms with van der Waals surface area (Å²) in [6.07, 6.45) is -0.451. The Balaban J connectivity index is 1.28. The van der Waals surface area contributed by atoms with Crippen LogP contribution in [-0.2, 0) is 28.5 Å². The zero-order chi connectivity index (χ0) is 42.5. The van der Waals surface area contributed by atoms with Crippen LogP contribution in [0.4, 0.5) is 4.79 Å². The number of amides is 3. The standard InChI is InChI=1S/C45H54N3O9PSSi/c1-44(2,3)60(6,7)57-40-39(56-58-54-28-29-59-58)37(55-42(40)48-27-26-38(47-43(48)50)46-41(49)31-14-10-8-11-15-31)30-53-45(32-16-12-9-13-17-32,33-18-22-35(51-4)23-19-33)34-20-24-36(52-5)25-21-34/h8-27,37-40,42H,28-30H2,1-7H3,(H,46,49)(H,47,50)/t37-,38?,39-,40-,42-,58?/m1/s1. The van der Waals surface area contributed by atoms with E-state index in [4.69, 9.17) is 32.4 Å². The molecule has 2 unspecified atom stereocenters. The third-order valence-corrected chi connectivity index (χ3v) is 19.0. The normalized spacial score (nSPS) is 23.3. The second-order valence-electron chi connectivity index (χ2n) is 16.2. The average Bonchev–Trinajstić information content (AvgIpc) is 3.89. The number of carbonyl (C=O) groups is 2. The van der Waals surface area contributed by atoms with Gasteiger partial charge in [0.15, 0.2) is 14.5 Å². The maximum atomic E-state index is 14.1. The van der Waals surface area contributed by atoms with Gasteiger partial charge in [-0.15, -0.1) is 0 Å². The number of nitrogens with zero attached hydrogens (tertiary/aromatic N) is 1. The molecule has 0 radical (unpaired) electrons. The van der Waals surface area contributed by atoms with Crippen molar-refractivity contribution in [1.29, 1.82) is 0 Å². The summed E-state index contributed by atoms with van der Waals surface area (Å²) in [7, 11) is -0.599. The van der Waals surface area contributed by atoms with Crippen LogP contribution in [0, 0.1) is 0 Å². The zero-order valence-corrected chi connectivity index (χ0v) is 37.7. The van der Waals surface area contributed by atoms with Crippen molar-refractivity contribution in [2.75, 3.05) is 33.2 Å². The van der Waals surface area contributed by atoms with Gasteiger partial charge in [0.25, 0.3) is 5.91 Å². The summed E-state index contributed by atoms with van der Waals surface area (Å²) in [5, 5.41) is 5.63. The molecule has 3 heterocycles. The lowest BCUT2D eigenvalue weighted by Crippen LogP contribution is -2.59. The lowest BCUT2D eigenvalue weighted by molar-refractivity contribution is -0.0979. The molecule has 2 N–H and O–H groups in total. The highest BCUT2D eigenvalue weighted by Gasteiger charge is 2.55. The minimum atomic E-state index is -2.54. The molecule has 4 aromatic carbocycles. The first-order valence-electron chi connectivity index (χ1n) is 20.0. The number of urea groups is 1. The van der Waals surface area contributed by atoms with E-state index in [1.807, 2.05) is 84.9 Å². The van der Waals surface area contributed by atoms with Crippen molar-refractivity contribution < 1.29 is 42.0 Å². The Morgan fingerprint density at radius 2 is 1.45 bits per heavy atom. The molecule has 0 bridgehead atoms. The van der Waals surface area contributed by atoms with Crippen LogP contribution in [0.2, 0.25) is 18.1 Å². The van der Waals surface area contributed by atoms with Gasteiger partial charge in [-0.3, -0.25) is 9.69 Å². The molecule has 0 aliphatic carbocycles. The number of rotatable bonds is 15. The van der Waals surface area contributed by atoms with Crippen LogP contribution in [-0.4, -0.2) is 89.0 Å². The number of benzene rings is 4. The van der Waals surface area contributed by atoms with Crippen molar-refractivity contribution in [3.8, 4) is 11.5 Å². The molecule has 0 spiro atoms. The summed E-state index contributed by atoms with van der Waals surface area (Å²) in [6, 6.07) is 34.2. The second kappa shape index (κ2) is 18.8. The van der Waals surface area contributed by atoms with E-state index in [0.717, 1.165) is 22.4 Å². The molecule has 2 saturated heterocycles. The van der Waals surface area contributed by atoms with Crippen molar-refractivity contribution in [2.45, 2.75) is 75.2 Å². The van der Waals surface area contributed by atoms with Gasteiger partial charge in [-0.05, 0) is 77.3 Å². The lowest BCUT2D eigenvalue weighted by atomic mass is 9.80. The van der Waals surface area contributed by atoms with Gasteiger partial charge < -0.3 is 43.1 Å². The van der Waals surface area contributed by atoms with E-state index in [2.05, 4.69) is 44.5 Å². The summed E-state index contributed by atoms with van der Waals surface area (Å²) in [6.45, 7) is 11.5. The first-order valence-corrected chi connectivity index (χ1v) is 25.7. The minimum absolute atomic E-state index is 0.0360. The highest BCUT2D eigenvalue weighted by atomic mass is 32.7. The summed E-state index contributed by atoms with van der Waals surface area (Å²) in [5.74, 6) is 1.91. The van der Waals surface area contributed by atoms with Crippen LogP contribution >= 0.6 is 19.0 Å². The average molecular weight is 872 g/mol. The van der Waals surface area contributed by atoms with Gasteiger partial charge in [0.1, 0.15) is 41.6 Å². The molecule has 318 valence electrons. The van der Waals surface area contributed by atoms with E-state index in [1.54, 1.807) is 62.1 Å². The van der Waals surface area contributed by atoms with E-state index < -0.39 is 58.2 Å². The quantitative estimate of drug-likeness (QED) is 0.0681. The molecule has 12 nitrogen and oxygen atoms in total. The van der Waals surface area contributed by atoms with Crippen LogP contribution in [0.3, 0.4) is 0 Å². The van der Waals surface area contributed by atoms with Gasteiger partial charge in [0.2, 0.25) is 7.58 Å². The highest BCUT2D eigenvalue weighted by Crippen LogP contribution is 2.58. The molecule has 15 heteroatoms. The molecule has 0 aromatic heterocycles. The molecular weight excluding hydrogens is 818 g/mol. The van der Waals surface area contributed by atoms with Crippen molar-refractivity contribution in [3.05, 3.63) is 144 Å². The molecule has 3 aliphatic heterocycles.